The summed E-state index contributed by atoms with van der Waals surface area (Å²) in [6.45, 7) is 3.25. The fraction of sp³-hybridized carbons (Fsp3) is 0.500. The Bertz CT molecular complexity index is 674. The van der Waals surface area contributed by atoms with Crippen molar-refractivity contribution >= 4 is 11.7 Å². The fourth-order valence-corrected chi connectivity index (χ4v) is 3.14. The number of nitrogens with zero attached hydrogens (tertiary/aromatic N) is 3. The van der Waals surface area contributed by atoms with Gasteiger partial charge in [0.15, 0.2) is 5.82 Å². The van der Waals surface area contributed by atoms with Crippen molar-refractivity contribution in [1.82, 2.24) is 20.1 Å². The number of hydrogen-bond donors (Lipinski definition) is 2. The van der Waals surface area contributed by atoms with Crippen LogP contribution >= 0.6 is 0 Å². The van der Waals surface area contributed by atoms with E-state index in [0.717, 1.165) is 6.42 Å². The third-order valence-corrected chi connectivity index (χ3v) is 4.51. The van der Waals surface area contributed by atoms with E-state index < -0.39 is 0 Å². The number of aromatic nitrogens is 3. The van der Waals surface area contributed by atoms with Crippen LogP contribution in [0.2, 0.25) is 0 Å². The van der Waals surface area contributed by atoms with E-state index in [1.165, 1.54) is 19.3 Å². The zero-order valence-electron chi connectivity index (χ0n) is 14.5. The molecule has 0 bridgehead atoms. The van der Waals surface area contributed by atoms with Gasteiger partial charge in [0.25, 0.3) is 0 Å². The fourth-order valence-electron chi connectivity index (χ4n) is 3.14. The zero-order valence-corrected chi connectivity index (χ0v) is 14.5. The van der Waals surface area contributed by atoms with Crippen LogP contribution in [0.4, 0.5) is 10.5 Å². The van der Waals surface area contributed by atoms with Crippen LogP contribution < -0.4 is 10.6 Å². The van der Waals surface area contributed by atoms with Gasteiger partial charge < -0.3 is 15.4 Å². The van der Waals surface area contributed by atoms with E-state index in [0.29, 0.717) is 36.7 Å². The minimum absolute atomic E-state index is 0.276. The Hall–Kier alpha value is -2.41. The quantitative estimate of drug-likeness (QED) is 0.790. The van der Waals surface area contributed by atoms with Crippen LogP contribution in [0.3, 0.4) is 0 Å². The molecule has 0 radical (unpaired) electrons. The van der Waals surface area contributed by atoms with Gasteiger partial charge in [-0.15, -0.1) is 0 Å². The topological polar surface area (TPSA) is 81.1 Å². The molecule has 0 aromatic carbocycles. The number of carbonyl (C=O) groups is 1. The highest BCUT2D eigenvalue weighted by Crippen LogP contribution is 2.26. The first kappa shape index (κ1) is 17.4. The maximum Gasteiger partial charge on any atom is 0.319 e. The molecular formula is C18H25N5O2. The summed E-state index contributed by atoms with van der Waals surface area (Å²) in [5, 5.41) is 9.79. The average Bonchev–Trinajstić information content (AvgIpc) is 3.15. The largest absolute Gasteiger partial charge is 0.376 e. The standard InChI is InChI=1S/C18H25N5O2/c1-14-6-2-3-8-16(14)25-13-11-20-18(24)22-15-7-4-9-19-17(15)23-12-5-10-21-23/h4-5,7,9-10,12,14,16H,2-3,6,8,11,13H2,1H3,(H2,20,22,24)/t14-,16+/m1/s1. The van der Waals surface area contributed by atoms with Crippen molar-refractivity contribution in [3.63, 3.8) is 0 Å². The summed E-state index contributed by atoms with van der Waals surface area (Å²) in [5.41, 5.74) is 0.602. The molecule has 2 aromatic rings. The summed E-state index contributed by atoms with van der Waals surface area (Å²) in [4.78, 5) is 16.4. The monoisotopic (exact) mass is 343 g/mol. The minimum atomic E-state index is -0.276. The Morgan fingerprint density at radius 1 is 1.32 bits per heavy atom. The number of carbonyl (C=O) groups excluding carboxylic acids is 1. The lowest BCUT2D eigenvalue weighted by molar-refractivity contribution is -0.00232. The van der Waals surface area contributed by atoms with E-state index in [2.05, 4.69) is 27.6 Å². The molecule has 0 spiro atoms. The highest BCUT2D eigenvalue weighted by Gasteiger charge is 2.21. The molecule has 3 rings (SSSR count). The third-order valence-electron chi connectivity index (χ3n) is 4.51. The molecule has 2 amide bonds. The second-order valence-corrected chi connectivity index (χ2v) is 6.38. The molecule has 2 heterocycles. The minimum Gasteiger partial charge on any atom is -0.376 e. The molecule has 0 unspecified atom stereocenters. The van der Waals surface area contributed by atoms with Crippen molar-refractivity contribution < 1.29 is 9.53 Å². The maximum absolute atomic E-state index is 12.1. The van der Waals surface area contributed by atoms with Crippen molar-refractivity contribution in [2.75, 3.05) is 18.5 Å². The molecule has 25 heavy (non-hydrogen) atoms. The second kappa shape index (κ2) is 8.62. The molecule has 1 saturated carbocycles. The molecule has 1 aliphatic carbocycles. The van der Waals surface area contributed by atoms with Crippen LogP contribution in [0.1, 0.15) is 32.6 Å². The molecule has 134 valence electrons. The lowest BCUT2D eigenvalue weighted by atomic mass is 9.88. The van der Waals surface area contributed by atoms with Crippen LogP contribution in [0.25, 0.3) is 5.82 Å². The number of amides is 2. The molecule has 0 saturated heterocycles. The number of ether oxygens (including phenoxy) is 1. The van der Waals surface area contributed by atoms with Crippen LogP contribution in [0.5, 0.6) is 0 Å². The van der Waals surface area contributed by atoms with E-state index >= 15 is 0 Å². The van der Waals surface area contributed by atoms with Crippen molar-refractivity contribution in [3.05, 3.63) is 36.8 Å². The molecular weight excluding hydrogens is 318 g/mol. The van der Waals surface area contributed by atoms with Crippen molar-refractivity contribution in [2.45, 2.75) is 38.7 Å². The lowest BCUT2D eigenvalue weighted by Gasteiger charge is -2.28. The predicted molar refractivity (Wildman–Crippen MR) is 95.8 cm³/mol. The Kier molecular flexibility index (Phi) is 6.00. The summed E-state index contributed by atoms with van der Waals surface area (Å²) in [6.07, 6.45) is 10.3. The highest BCUT2D eigenvalue weighted by atomic mass is 16.5. The number of urea groups is 1. The Morgan fingerprint density at radius 2 is 2.20 bits per heavy atom. The van der Waals surface area contributed by atoms with E-state index in [-0.39, 0.29) is 6.03 Å². The van der Waals surface area contributed by atoms with Gasteiger partial charge in [-0.05, 0) is 37.0 Å². The summed E-state index contributed by atoms with van der Waals surface area (Å²) >= 11 is 0. The normalized spacial score (nSPS) is 20.2. The number of pyridine rings is 1. The van der Waals surface area contributed by atoms with Gasteiger partial charge >= 0.3 is 6.03 Å². The zero-order chi connectivity index (χ0) is 17.5. The van der Waals surface area contributed by atoms with Gasteiger partial charge in [-0.25, -0.2) is 14.5 Å². The highest BCUT2D eigenvalue weighted by molar-refractivity contribution is 5.90. The van der Waals surface area contributed by atoms with Gasteiger partial charge in [0.2, 0.25) is 0 Å². The van der Waals surface area contributed by atoms with Crippen LogP contribution in [0.15, 0.2) is 36.8 Å². The average molecular weight is 343 g/mol. The predicted octanol–water partition coefficient (Wildman–Crippen LogP) is 2.98. The summed E-state index contributed by atoms with van der Waals surface area (Å²) in [6, 6.07) is 5.10. The summed E-state index contributed by atoms with van der Waals surface area (Å²) in [5.74, 6) is 1.18. The van der Waals surface area contributed by atoms with Crippen LogP contribution in [-0.2, 0) is 4.74 Å². The van der Waals surface area contributed by atoms with Crippen molar-refractivity contribution in [1.29, 1.82) is 0 Å². The van der Waals surface area contributed by atoms with Gasteiger partial charge in [-0.1, -0.05) is 19.8 Å². The Morgan fingerprint density at radius 3 is 3.00 bits per heavy atom. The molecule has 2 atom stereocenters. The number of hydrogen-bond acceptors (Lipinski definition) is 4. The lowest BCUT2D eigenvalue weighted by Crippen LogP contribution is -2.34. The summed E-state index contributed by atoms with van der Waals surface area (Å²) < 4.78 is 7.52. The second-order valence-electron chi connectivity index (χ2n) is 6.38. The van der Waals surface area contributed by atoms with E-state index in [1.807, 2.05) is 6.07 Å². The Labute approximate surface area is 147 Å². The molecule has 2 aromatic heterocycles. The number of rotatable bonds is 6. The Balaban J connectivity index is 1.45. The molecule has 2 N–H and O–H groups in total. The SMILES string of the molecule is C[C@@H]1CCCC[C@@H]1OCCNC(=O)Nc1cccnc1-n1cccn1. The van der Waals surface area contributed by atoms with Gasteiger partial charge in [-0.3, -0.25) is 0 Å². The number of anilines is 1. The number of nitrogens with one attached hydrogen (secondary N) is 2. The van der Waals surface area contributed by atoms with Crippen LogP contribution in [-0.4, -0.2) is 40.1 Å². The third kappa shape index (κ3) is 4.79. The first-order chi connectivity index (χ1) is 12.2. The van der Waals surface area contributed by atoms with Crippen LogP contribution in [0, 0.1) is 5.92 Å². The molecule has 1 fully saturated rings. The molecule has 7 heteroatoms. The van der Waals surface area contributed by atoms with E-state index in [9.17, 15) is 4.79 Å². The first-order valence-electron chi connectivity index (χ1n) is 8.85. The van der Waals surface area contributed by atoms with Crippen molar-refractivity contribution in [2.24, 2.45) is 5.92 Å². The molecule has 1 aliphatic rings. The van der Waals surface area contributed by atoms with Gasteiger partial charge in [0.05, 0.1) is 18.4 Å². The van der Waals surface area contributed by atoms with Crippen molar-refractivity contribution in [3.8, 4) is 5.82 Å². The van der Waals surface area contributed by atoms with Gasteiger partial charge in [-0.2, -0.15) is 5.10 Å². The van der Waals surface area contributed by atoms with Gasteiger partial charge in [0, 0.05) is 25.1 Å². The smallest absolute Gasteiger partial charge is 0.319 e. The van der Waals surface area contributed by atoms with E-state index in [4.69, 9.17) is 4.74 Å². The summed E-state index contributed by atoms with van der Waals surface area (Å²) in [7, 11) is 0. The van der Waals surface area contributed by atoms with E-state index in [1.54, 1.807) is 35.4 Å². The first-order valence-corrected chi connectivity index (χ1v) is 8.85. The molecule has 7 nitrogen and oxygen atoms in total. The maximum atomic E-state index is 12.1. The van der Waals surface area contributed by atoms with Gasteiger partial charge in [0.1, 0.15) is 0 Å². The molecule has 0 aliphatic heterocycles.